The lowest BCUT2D eigenvalue weighted by Crippen LogP contribution is -2.57. The molecule has 4 saturated carbocycles. The molecule has 1 saturated heterocycles. The molecule has 2 aromatic rings. The molecule has 1 aromatic heterocycles. The normalized spacial score (nSPS) is 32.6. The van der Waals surface area contributed by atoms with Crippen molar-refractivity contribution < 1.29 is 37.1 Å². The lowest BCUT2D eigenvalue weighted by Gasteiger charge is -2.31. The maximum Gasteiger partial charge on any atom is 0.306 e. The van der Waals surface area contributed by atoms with Crippen LogP contribution in [0.4, 0.5) is 0 Å². The van der Waals surface area contributed by atoms with Crippen molar-refractivity contribution in [3.63, 3.8) is 0 Å². The van der Waals surface area contributed by atoms with E-state index in [9.17, 15) is 27.6 Å². The zero-order chi connectivity index (χ0) is 36.9. The topological polar surface area (TPSA) is 161 Å². The summed E-state index contributed by atoms with van der Waals surface area (Å²) in [5.41, 5.74) is -0.537. The van der Waals surface area contributed by atoms with Gasteiger partial charge in [0.15, 0.2) is 0 Å². The zero-order valence-electron chi connectivity index (χ0n) is 29.9. The van der Waals surface area contributed by atoms with Gasteiger partial charge in [-0.3, -0.25) is 23.9 Å². The van der Waals surface area contributed by atoms with Crippen LogP contribution in [0.3, 0.4) is 0 Å². The highest BCUT2D eigenvalue weighted by Crippen LogP contribution is 2.46. The van der Waals surface area contributed by atoms with Gasteiger partial charge in [-0.1, -0.05) is 43.2 Å². The minimum absolute atomic E-state index is 0.0388. The minimum atomic E-state index is -3.87. The van der Waals surface area contributed by atoms with Crippen LogP contribution in [0.25, 0.3) is 16.8 Å². The zero-order valence-corrected chi connectivity index (χ0v) is 30.7. The summed E-state index contributed by atoms with van der Waals surface area (Å²) in [5.74, 6) is -2.72. The maximum absolute atomic E-state index is 14.8. The highest BCUT2D eigenvalue weighted by Gasteiger charge is 2.62. The molecule has 1 unspecified atom stereocenters. The monoisotopic (exact) mass is 744 g/mol. The third-order valence-electron chi connectivity index (χ3n) is 12.4. The number of nitrogens with one attached hydrogen (secondary N) is 2. The van der Waals surface area contributed by atoms with Gasteiger partial charge in [-0.2, -0.15) is 0 Å². The molecular formula is C40H48N4O8S. The van der Waals surface area contributed by atoms with Crippen molar-refractivity contribution in [3.8, 4) is 5.88 Å². The van der Waals surface area contributed by atoms with Crippen LogP contribution in [0.1, 0.15) is 89.0 Å². The van der Waals surface area contributed by atoms with Gasteiger partial charge in [0.2, 0.25) is 27.7 Å². The van der Waals surface area contributed by atoms with Crippen molar-refractivity contribution in [2.24, 2.45) is 23.7 Å². The number of allylic oxidation sites excluding steroid dienone is 1. The molecule has 53 heavy (non-hydrogen) atoms. The summed E-state index contributed by atoms with van der Waals surface area (Å²) in [7, 11) is -3.87. The fourth-order valence-corrected chi connectivity index (χ4v) is 10.5. The third kappa shape index (κ3) is 7.20. The van der Waals surface area contributed by atoms with Gasteiger partial charge < -0.3 is 19.7 Å². The van der Waals surface area contributed by atoms with Crippen LogP contribution >= 0.6 is 0 Å². The van der Waals surface area contributed by atoms with Crippen LogP contribution in [-0.4, -0.2) is 77.6 Å². The van der Waals surface area contributed by atoms with E-state index in [4.69, 9.17) is 9.47 Å². The number of sulfonamides is 1. The van der Waals surface area contributed by atoms with Crippen molar-refractivity contribution in [2.45, 2.75) is 113 Å². The van der Waals surface area contributed by atoms with Crippen LogP contribution in [0.15, 0.2) is 49.2 Å². The Bertz CT molecular complexity index is 1960. The summed E-state index contributed by atoms with van der Waals surface area (Å²) < 4.78 is 40.3. The first kappa shape index (κ1) is 35.8. The summed E-state index contributed by atoms with van der Waals surface area (Å²) in [5, 5.41) is 3.98. The summed E-state index contributed by atoms with van der Waals surface area (Å²) in [4.78, 5) is 62.5. The number of pyridine rings is 1. The number of benzene rings is 1. The van der Waals surface area contributed by atoms with Gasteiger partial charge in [0.05, 0.1) is 24.1 Å². The maximum atomic E-state index is 14.8. The van der Waals surface area contributed by atoms with Crippen molar-refractivity contribution in [3.05, 3.63) is 54.8 Å². The van der Waals surface area contributed by atoms with E-state index < -0.39 is 62.6 Å². The van der Waals surface area contributed by atoms with E-state index in [-0.39, 0.29) is 49.7 Å². The fourth-order valence-electron chi connectivity index (χ4n) is 9.14. The molecule has 4 bridgehead atoms. The Labute approximate surface area is 310 Å². The highest BCUT2D eigenvalue weighted by molar-refractivity contribution is 7.91. The summed E-state index contributed by atoms with van der Waals surface area (Å²) >= 11 is 0. The molecule has 13 heteroatoms. The molecule has 6 aliphatic rings. The largest absolute Gasteiger partial charge is 0.472 e. The molecule has 8 rings (SSSR count). The van der Waals surface area contributed by atoms with Gasteiger partial charge in [0.1, 0.15) is 23.8 Å². The molecule has 2 N–H and O–H groups in total. The number of aromatic nitrogens is 1. The number of esters is 1. The van der Waals surface area contributed by atoms with E-state index in [1.807, 2.05) is 24.3 Å². The number of fused-ring (bicyclic) bond motifs is 4. The molecule has 1 aromatic carbocycles. The first-order chi connectivity index (χ1) is 25.5. The van der Waals surface area contributed by atoms with E-state index in [1.54, 1.807) is 6.20 Å². The minimum Gasteiger partial charge on any atom is -0.472 e. The summed E-state index contributed by atoms with van der Waals surface area (Å²) in [6, 6.07) is 6.92. The second-order valence-corrected chi connectivity index (χ2v) is 17.9. The smallest absolute Gasteiger partial charge is 0.306 e. The number of rotatable bonds is 7. The standard InChI is InChI=1S/C40H48N4O8S/c1-2-28-22-40(28,39(48)43-53(49,50)30-15-16-30)42-36(46)33-20-29-23-44(33)38(47)32(25-8-3-4-9-25)21-35(45)52-34-12-6-11-27(34)10-5-7-24-13-14-26-17-18-41-37(51-29)31(26)19-24/h2,5,7,13-14,17-19,25,27-30,32-34H,1,3-4,6,8-12,15-16,20-23H2,(H,42,46)(H,43,48)/b7-5+/t27-,28-,29-,32+,33?,34-,40-/m1/s1. The Morgan fingerprint density at radius 3 is 2.55 bits per heavy atom. The molecule has 282 valence electrons. The van der Waals surface area contributed by atoms with Crippen LogP contribution in [0.2, 0.25) is 0 Å². The molecule has 5 fully saturated rings. The van der Waals surface area contributed by atoms with E-state index in [1.165, 1.54) is 11.0 Å². The number of amides is 3. The van der Waals surface area contributed by atoms with Crippen LogP contribution in [0.5, 0.6) is 5.88 Å². The molecule has 0 spiro atoms. The Balaban J connectivity index is 1.13. The number of carbonyl (C=O) groups is 4. The molecule has 3 heterocycles. The molecule has 0 radical (unpaired) electrons. The molecule has 7 atom stereocenters. The van der Waals surface area contributed by atoms with Crippen molar-refractivity contribution >= 4 is 50.6 Å². The highest BCUT2D eigenvalue weighted by atomic mass is 32.2. The molecule has 3 amide bonds. The van der Waals surface area contributed by atoms with Crippen molar-refractivity contribution in [2.75, 3.05) is 6.54 Å². The number of hydrogen-bond acceptors (Lipinski definition) is 9. The van der Waals surface area contributed by atoms with Crippen molar-refractivity contribution in [1.82, 2.24) is 19.9 Å². The Morgan fingerprint density at radius 1 is 1.00 bits per heavy atom. The van der Waals surface area contributed by atoms with Gasteiger partial charge >= 0.3 is 5.97 Å². The van der Waals surface area contributed by atoms with E-state index in [2.05, 4.69) is 33.8 Å². The van der Waals surface area contributed by atoms with Crippen LogP contribution < -0.4 is 14.8 Å². The first-order valence-corrected chi connectivity index (χ1v) is 20.8. The Morgan fingerprint density at radius 2 is 1.79 bits per heavy atom. The lowest BCUT2D eigenvalue weighted by atomic mass is 9.86. The van der Waals surface area contributed by atoms with E-state index in [0.29, 0.717) is 18.7 Å². The number of ether oxygens (including phenoxy) is 2. The van der Waals surface area contributed by atoms with Gasteiger partial charge in [0, 0.05) is 23.9 Å². The van der Waals surface area contributed by atoms with Gasteiger partial charge in [-0.15, -0.1) is 6.58 Å². The van der Waals surface area contributed by atoms with E-state index in [0.717, 1.165) is 67.7 Å². The third-order valence-corrected chi connectivity index (χ3v) is 14.2. The Hall–Kier alpha value is -4.26. The first-order valence-electron chi connectivity index (χ1n) is 19.3. The summed E-state index contributed by atoms with van der Waals surface area (Å²) in [6.07, 6.45) is 14.7. The average Bonchev–Trinajstić information content (AvgIpc) is 3.93. The fraction of sp³-hybridized carbons (Fsp3) is 0.575. The predicted molar refractivity (Wildman–Crippen MR) is 196 cm³/mol. The summed E-state index contributed by atoms with van der Waals surface area (Å²) in [6.45, 7) is 3.88. The number of carbonyl (C=O) groups excluding carboxylic acids is 4. The van der Waals surface area contributed by atoms with Gasteiger partial charge in [-0.25, -0.2) is 13.4 Å². The lowest BCUT2D eigenvalue weighted by molar-refractivity contribution is -0.156. The average molecular weight is 745 g/mol. The van der Waals surface area contributed by atoms with Gasteiger partial charge in [-0.05, 0) is 92.7 Å². The molecule has 4 aliphatic carbocycles. The second kappa shape index (κ2) is 14.2. The van der Waals surface area contributed by atoms with Crippen LogP contribution in [-0.2, 0) is 33.9 Å². The Kier molecular flexibility index (Phi) is 9.57. The van der Waals surface area contributed by atoms with Crippen LogP contribution in [0, 0.1) is 23.7 Å². The molecular weight excluding hydrogens is 697 g/mol. The van der Waals surface area contributed by atoms with Crippen molar-refractivity contribution in [1.29, 1.82) is 0 Å². The SMILES string of the molecule is C=C[C@@H]1C[C@]1(NC(=O)C1C[C@@H]2CN1C(=O)[C@H](C1CCCC1)CC(=O)O[C@@H]1CCC[C@H]1C/C=C/c1ccc3ccnc(c3c1)O2)C(=O)NS(=O)(=O)C1CC1. The number of nitrogens with zero attached hydrogens (tertiary/aromatic N) is 2. The van der Waals surface area contributed by atoms with E-state index >= 15 is 0 Å². The number of hydrogen-bond donors (Lipinski definition) is 2. The second-order valence-electron chi connectivity index (χ2n) is 16.0. The quantitative estimate of drug-likeness (QED) is 0.306. The molecule has 12 nitrogen and oxygen atoms in total. The van der Waals surface area contributed by atoms with Gasteiger partial charge in [0.25, 0.3) is 5.91 Å². The predicted octanol–water partition coefficient (Wildman–Crippen LogP) is 4.58. The molecule has 2 aliphatic heterocycles.